The fourth-order valence-corrected chi connectivity index (χ4v) is 2.56. The van der Waals surface area contributed by atoms with E-state index >= 15 is 0 Å². The van der Waals surface area contributed by atoms with Crippen LogP contribution in [0.3, 0.4) is 0 Å². The van der Waals surface area contributed by atoms with Crippen molar-refractivity contribution in [3.63, 3.8) is 0 Å². The predicted molar refractivity (Wildman–Crippen MR) is 90.7 cm³/mol. The first-order chi connectivity index (χ1) is 11.0. The summed E-state index contributed by atoms with van der Waals surface area (Å²) in [6.45, 7) is 0. The molecule has 0 aliphatic rings. The number of H-pyrrole nitrogens is 1. The van der Waals surface area contributed by atoms with Gasteiger partial charge in [0.25, 0.3) is 5.56 Å². The van der Waals surface area contributed by atoms with Crippen LogP contribution in [-0.2, 0) is 0 Å². The molecule has 0 bridgehead atoms. The van der Waals surface area contributed by atoms with Crippen molar-refractivity contribution in [1.82, 2.24) is 10.2 Å². The third-order valence-corrected chi connectivity index (χ3v) is 3.75. The molecule has 0 aliphatic heterocycles. The van der Waals surface area contributed by atoms with E-state index in [1.807, 2.05) is 0 Å². The van der Waals surface area contributed by atoms with Crippen LogP contribution in [0.1, 0.15) is 5.56 Å². The Balaban J connectivity index is 2.33. The average molecular weight is 378 g/mol. The van der Waals surface area contributed by atoms with E-state index in [1.54, 1.807) is 6.07 Å². The van der Waals surface area contributed by atoms with E-state index in [1.165, 1.54) is 26.6 Å². The molecule has 0 saturated heterocycles. The van der Waals surface area contributed by atoms with Crippen molar-refractivity contribution >= 4 is 46.7 Å². The van der Waals surface area contributed by atoms with Crippen LogP contribution in [0.15, 0.2) is 22.2 Å². The van der Waals surface area contributed by atoms with Gasteiger partial charge < -0.3 is 9.47 Å². The summed E-state index contributed by atoms with van der Waals surface area (Å²) >= 11 is 18.1. The van der Waals surface area contributed by atoms with Gasteiger partial charge in [0.2, 0.25) is 0 Å². The molecule has 0 saturated carbocycles. The second kappa shape index (κ2) is 7.54. The number of halogens is 3. The normalized spacial score (nSPS) is 10.8. The minimum absolute atomic E-state index is 0.0603. The molecular weight excluding hydrogens is 367 g/mol. The molecule has 0 amide bonds. The van der Waals surface area contributed by atoms with Gasteiger partial charge in [-0.2, -0.15) is 10.2 Å². The van der Waals surface area contributed by atoms with Gasteiger partial charge in [-0.1, -0.05) is 34.8 Å². The first kappa shape index (κ1) is 17.4. The van der Waals surface area contributed by atoms with Gasteiger partial charge in [-0.15, -0.1) is 0 Å². The first-order valence-electron chi connectivity index (χ1n) is 6.11. The van der Waals surface area contributed by atoms with Crippen LogP contribution in [0, 0.1) is 0 Å². The van der Waals surface area contributed by atoms with E-state index in [4.69, 9.17) is 44.3 Å². The lowest BCUT2D eigenvalue weighted by Crippen LogP contribution is -2.10. The van der Waals surface area contributed by atoms with Gasteiger partial charge >= 0.3 is 0 Å². The number of methoxy groups -OCH3 is 2. The van der Waals surface area contributed by atoms with Gasteiger partial charge in [0.15, 0.2) is 5.75 Å². The van der Waals surface area contributed by atoms with Crippen LogP contribution in [0.4, 0.5) is 5.69 Å². The number of hydrogen-bond acceptors (Lipinski definition) is 6. The summed E-state index contributed by atoms with van der Waals surface area (Å²) in [4.78, 5) is 11.3. The number of rotatable bonds is 5. The molecule has 23 heavy (non-hydrogen) atoms. The number of anilines is 1. The SMILES string of the molecule is COc1c(Cl)cc(/C=N\Nc2cn[nH]c(=O)c2Cl)c(OC)c1Cl. The molecule has 7 nitrogen and oxygen atoms in total. The smallest absolute Gasteiger partial charge is 0.285 e. The van der Waals surface area contributed by atoms with Gasteiger partial charge in [-0.3, -0.25) is 10.2 Å². The lowest BCUT2D eigenvalue weighted by Gasteiger charge is -2.12. The van der Waals surface area contributed by atoms with E-state index < -0.39 is 5.56 Å². The molecule has 122 valence electrons. The quantitative estimate of drug-likeness (QED) is 0.617. The second-order valence-electron chi connectivity index (χ2n) is 4.12. The highest BCUT2D eigenvalue weighted by atomic mass is 35.5. The van der Waals surface area contributed by atoms with Crippen LogP contribution in [0.25, 0.3) is 0 Å². The van der Waals surface area contributed by atoms with E-state index in [-0.39, 0.29) is 15.7 Å². The number of nitrogens with one attached hydrogen (secondary N) is 2. The predicted octanol–water partition coefficient (Wildman–Crippen LogP) is 3.19. The molecule has 2 rings (SSSR count). The molecular formula is C13H11Cl3N4O3. The van der Waals surface area contributed by atoms with Crippen molar-refractivity contribution < 1.29 is 9.47 Å². The van der Waals surface area contributed by atoms with E-state index in [9.17, 15) is 4.79 Å². The number of aromatic nitrogens is 2. The molecule has 0 fully saturated rings. The molecule has 0 spiro atoms. The Labute approximate surface area is 146 Å². The monoisotopic (exact) mass is 376 g/mol. The zero-order valence-electron chi connectivity index (χ0n) is 12.0. The van der Waals surface area contributed by atoms with E-state index in [2.05, 4.69) is 20.7 Å². The van der Waals surface area contributed by atoms with Gasteiger partial charge in [0.05, 0.1) is 31.7 Å². The van der Waals surface area contributed by atoms with E-state index in [0.717, 1.165) is 0 Å². The minimum atomic E-state index is -0.528. The fraction of sp³-hybridized carbons (Fsp3) is 0.154. The Morgan fingerprint density at radius 2 is 1.91 bits per heavy atom. The van der Waals surface area contributed by atoms with Crippen LogP contribution in [0.5, 0.6) is 11.5 Å². The number of hydrogen-bond donors (Lipinski definition) is 2. The van der Waals surface area contributed by atoms with Gasteiger partial charge in [-0.25, -0.2) is 5.10 Å². The average Bonchev–Trinajstić information content (AvgIpc) is 2.52. The van der Waals surface area contributed by atoms with Crippen molar-refractivity contribution in [3.8, 4) is 11.5 Å². The van der Waals surface area contributed by atoms with Gasteiger partial charge in [-0.05, 0) is 6.07 Å². The lowest BCUT2D eigenvalue weighted by molar-refractivity contribution is 0.394. The fourth-order valence-electron chi connectivity index (χ4n) is 1.73. The molecule has 2 N–H and O–H groups in total. The zero-order chi connectivity index (χ0) is 17.0. The summed E-state index contributed by atoms with van der Waals surface area (Å²) in [5, 5.41) is 10.2. The van der Waals surface area contributed by atoms with Crippen molar-refractivity contribution in [3.05, 3.63) is 43.2 Å². The van der Waals surface area contributed by atoms with E-state index in [0.29, 0.717) is 22.1 Å². The number of nitrogens with zero attached hydrogens (tertiary/aromatic N) is 2. The molecule has 1 aromatic heterocycles. The Hall–Kier alpha value is -1.96. The topological polar surface area (TPSA) is 88.6 Å². The van der Waals surface area contributed by atoms with Crippen molar-refractivity contribution in [1.29, 1.82) is 0 Å². The number of ether oxygens (including phenoxy) is 2. The highest BCUT2D eigenvalue weighted by Gasteiger charge is 2.16. The zero-order valence-corrected chi connectivity index (χ0v) is 14.3. The van der Waals surface area contributed by atoms with Crippen molar-refractivity contribution in [2.45, 2.75) is 0 Å². The standard InChI is InChI=1S/C13H11Cl3N4O3/c1-22-11-6(3-7(14)12(23-2)10(11)16)4-17-19-8-5-18-20-13(21)9(8)15/h3-5H,1-2H3,(H2,19,20,21)/b17-4-. The maximum Gasteiger partial charge on any atom is 0.285 e. The minimum Gasteiger partial charge on any atom is -0.494 e. The molecule has 0 atom stereocenters. The Kier molecular flexibility index (Phi) is 5.70. The number of benzene rings is 1. The summed E-state index contributed by atoms with van der Waals surface area (Å²) < 4.78 is 10.3. The summed E-state index contributed by atoms with van der Waals surface area (Å²) in [5.41, 5.74) is 2.83. The number of hydrazone groups is 1. The highest BCUT2D eigenvalue weighted by molar-refractivity contribution is 6.38. The Morgan fingerprint density at radius 3 is 2.57 bits per heavy atom. The summed E-state index contributed by atoms with van der Waals surface area (Å²) in [6, 6.07) is 1.58. The lowest BCUT2D eigenvalue weighted by atomic mass is 10.2. The molecule has 0 unspecified atom stereocenters. The molecule has 1 heterocycles. The molecule has 2 aromatic rings. The number of aromatic amines is 1. The third kappa shape index (κ3) is 3.69. The van der Waals surface area contributed by atoms with Crippen molar-refractivity contribution in [2.75, 3.05) is 19.6 Å². The maximum atomic E-state index is 11.3. The summed E-state index contributed by atoms with van der Waals surface area (Å²) in [6.07, 6.45) is 2.74. The molecule has 10 heteroatoms. The molecule has 0 aliphatic carbocycles. The molecule has 1 aromatic carbocycles. The first-order valence-corrected chi connectivity index (χ1v) is 7.25. The Bertz CT molecular complexity index is 808. The highest BCUT2D eigenvalue weighted by Crippen LogP contribution is 2.41. The van der Waals surface area contributed by atoms with Crippen LogP contribution in [-0.4, -0.2) is 30.6 Å². The summed E-state index contributed by atoms with van der Waals surface area (Å²) in [7, 11) is 2.90. The molecule has 0 radical (unpaired) electrons. The second-order valence-corrected chi connectivity index (χ2v) is 5.29. The van der Waals surface area contributed by atoms with Crippen molar-refractivity contribution in [2.24, 2.45) is 5.10 Å². The maximum absolute atomic E-state index is 11.3. The van der Waals surface area contributed by atoms with Gasteiger partial charge in [0.1, 0.15) is 21.5 Å². The van der Waals surface area contributed by atoms with Crippen LogP contribution in [0.2, 0.25) is 15.1 Å². The summed E-state index contributed by atoms with van der Waals surface area (Å²) in [5.74, 6) is 0.644. The van der Waals surface area contributed by atoms with Gasteiger partial charge in [0, 0.05) is 5.56 Å². The van der Waals surface area contributed by atoms with Crippen LogP contribution < -0.4 is 20.5 Å². The third-order valence-electron chi connectivity index (χ3n) is 2.75. The largest absolute Gasteiger partial charge is 0.494 e. The Morgan fingerprint density at radius 1 is 1.22 bits per heavy atom. The van der Waals surface area contributed by atoms with Crippen LogP contribution >= 0.6 is 34.8 Å².